The second-order valence-corrected chi connectivity index (χ2v) is 10.4. The normalized spacial score (nSPS) is 20.9. The van der Waals surface area contributed by atoms with E-state index in [0.717, 1.165) is 92.0 Å². The summed E-state index contributed by atoms with van der Waals surface area (Å²) in [4.78, 5) is 20.4. The Kier molecular flexibility index (Phi) is 6.88. The predicted octanol–water partition coefficient (Wildman–Crippen LogP) is 4.07. The van der Waals surface area contributed by atoms with Crippen LogP contribution in [0.3, 0.4) is 0 Å². The van der Waals surface area contributed by atoms with Crippen molar-refractivity contribution in [3.8, 4) is 0 Å². The van der Waals surface area contributed by atoms with Gasteiger partial charge >= 0.3 is 0 Å². The number of nitrogens with one attached hydrogen (secondary N) is 1. The zero-order valence-electron chi connectivity index (χ0n) is 20.8. The minimum atomic E-state index is -0.171. The first-order valence-corrected chi connectivity index (χ1v) is 13.4. The van der Waals surface area contributed by atoms with Gasteiger partial charge in [-0.1, -0.05) is 20.8 Å². The predicted molar refractivity (Wildman–Crippen MR) is 139 cm³/mol. The molecule has 2 aliphatic heterocycles. The van der Waals surface area contributed by atoms with E-state index in [1.165, 1.54) is 16.5 Å². The van der Waals surface area contributed by atoms with Crippen LogP contribution in [0, 0.1) is 0 Å². The second kappa shape index (κ2) is 9.89. The smallest absolute Gasteiger partial charge is 0.147 e. The van der Waals surface area contributed by atoms with Gasteiger partial charge < -0.3 is 24.6 Å². The largest absolute Gasteiger partial charge is 0.378 e. The third-order valence-corrected chi connectivity index (χ3v) is 8.47. The highest BCUT2D eigenvalue weighted by Crippen LogP contribution is 2.44. The molecule has 5 heterocycles. The quantitative estimate of drug-likeness (QED) is 0.513. The Morgan fingerprint density at radius 2 is 1.94 bits per heavy atom. The molecule has 1 saturated heterocycles. The average Bonchev–Trinajstić information content (AvgIpc) is 3.26. The van der Waals surface area contributed by atoms with Gasteiger partial charge in [0.05, 0.1) is 35.6 Å². The fourth-order valence-corrected chi connectivity index (χ4v) is 6.10. The topological polar surface area (TPSA) is 75.6 Å². The van der Waals surface area contributed by atoms with Gasteiger partial charge in [0.2, 0.25) is 0 Å². The molecule has 1 atom stereocenters. The average molecular weight is 485 g/mol. The summed E-state index contributed by atoms with van der Waals surface area (Å²) in [7, 11) is 0. The SMILES string of the molecule is CCN(CC)CCNc1ncnc2c1sc1nc(N3CCOCC3)c3c(c12)C[C@](C)(CC)OC3. The molecule has 0 radical (unpaired) electrons. The standard InChI is InChI=1S/C25H36N6O2S/c1-5-25(4)14-17-18(15-33-25)23(31-10-12-32-13-11-31)29-24-19(17)20-21(34-24)22(28-16-27-20)26-8-9-30(6-2)7-3/h16H,5-15H2,1-4H3,(H,26,27,28)/t25-/m0/s1. The molecule has 0 saturated carbocycles. The summed E-state index contributed by atoms with van der Waals surface area (Å²) in [6.45, 7) is 16.6. The Morgan fingerprint density at radius 3 is 2.68 bits per heavy atom. The van der Waals surface area contributed by atoms with Crippen LogP contribution in [0.5, 0.6) is 0 Å². The van der Waals surface area contributed by atoms with Gasteiger partial charge in [0, 0.05) is 43.5 Å². The fourth-order valence-electron chi connectivity index (χ4n) is 4.98. The molecule has 0 aromatic carbocycles. The second-order valence-electron chi connectivity index (χ2n) is 9.40. The molecule has 3 aromatic heterocycles. The van der Waals surface area contributed by atoms with Crippen molar-refractivity contribution < 1.29 is 9.47 Å². The van der Waals surface area contributed by atoms with E-state index in [-0.39, 0.29) is 5.60 Å². The molecule has 8 nitrogen and oxygen atoms in total. The summed E-state index contributed by atoms with van der Waals surface area (Å²) >= 11 is 1.71. The van der Waals surface area contributed by atoms with E-state index in [0.29, 0.717) is 6.61 Å². The van der Waals surface area contributed by atoms with E-state index in [2.05, 4.69) is 47.8 Å². The summed E-state index contributed by atoms with van der Waals surface area (Å²) in [5.74, 6) is 1.96. The van der Waals surface area contributed by atoms with Gasteiger partial charge in [-0.15, -0.1) is 11.3 Å². The molecule has 3 aromatic rings. The van der Waals surface area contributed by atoms with Crippen molar-refractivity contribution in [3.63, 3.8) is 0 Å². The fraction of sp³-hybridized carbons (Fsp3) is 0.640. The minimum absolute atomic E-state index is 0.171. The molecule has 0 unspecified atom stereocenters. The van der Waals surface area contributed by atoms with Crippen LogP contribution in [0.4, 0.5) is 11.6 Å². The number of anilines is 2. The maximum atomic E-state index is 6.39. The first-order chi connectivity index (χ1) is 16.6. The first-order valence-electron chi connectivity index (χ1n) is 12.6. The van der Waals surface area contributed by atoms with Crippen LogP contribution in [0.2, 0.25) is 0 Å². The van der Waals surface area contributed by atoms with Crippen LogP contribution in [0.25, 0.3) is 20.4 Å². The molecule has 9 heteroatoms. The highest BCUT2D eigenvalue weighted by Gasteiger charge is 2.35. The van der Waals surface area contributed by atoms with Gasteiger partial charge in [0.25, 0.3) is 0 Å². The molecule has 0 amide bonds. The third kappa shape index (κ3) is 4.34. The maximum absolute atomic E-state index is 6.39. The molecule has 34 heavy (non-hydrogen) atoms. The van der Waals surface area contributed by atoms with Gasteiger partial charge in [0.1, 0.15) is 22.8 Å². The zero-order chi connectivity index (χ0) is 23.7. The molecule has 2 aliphatic rings. The highest BCUT2D eigenvalue weighted by atomic mass is 32.1. The molecular formula is C25H36N6O2S. The Labute approximate surface area is 205 Å². The summed E-state index contributed by atoms with van der Waals surface area (Å²) in [6.07, 6.45) is 3.53. The molecule has 5 rings (SSSR count). The highest BCUT2D eigenvalue weighted by molar-refractivity contribution is 7.26. The molecule has 1 N–H and O–H groups in total. The van der Waals surface area contributed by atoms with Crippen molar-refractivity contribution >= 4 is 43.4 Å². The molecule has 0 bridgehead atoms. The molecule has 1 fully saturated rings. The number of pyridine rings is 1. The molecule has 0 spiro atoms. The van der Waals surface area contributed by atoms with Gasteiger partial charge in [-0.05, 0) is 32.0 Å². The number of hydrogen-bond acceptors (Lipinski definition) is 9. The lowest BCUT2D eigenvalue weighted by Crippen LogP contribution is -2.40. The lowest BCUT2D eigenvalue weighted by molar-refractivity contribution is -0.0558. The van der Waals surface area contributed by atoms with E-state index in [9.17, 15) is 0 Å². The molecule has 0 aliphatic carbocycles. The Bertz CT molecular complexity index is 1160. The van der Waals surface area contributed by atoms with Crippen LogP contribution < -0.4 is 10.2 Å². The third-order valence-electron chi connectivity index (χ3n) is 7.39. The van der Waals surface area contributed by atoms with Crippen LogP contribution in [0.1, 0.15) is 45.2 Å². The van der Waals surface area contributed by atoms with Gasteiger partial charge in [-0.25, -0.2) is 15.0 Å². The summed E-state index contributed by atoms with van der Waals surface area (Å²) in [5.41, 5.74) is 3.41. The lowest BCUT2D eigenvalue weighted by Gasteiger charge is -2.37. The first kappa shape index (κ1) is 23.7. The number of rotatable bonds is 8. The monoisotopic (exact) mass is 484 g/mol. The molecular weight excluding hydrogens is 448 g/mol. The summed E-state index contributed by atoms with van der Waals surface area (Å²) in [5, 5.41) is 4.76. The summed E-state index contributed by atoms with van der Waals surface area (Å²) < 4.78 is 13.1. The number of ether oxygens (including phenoxy) is 2. The minimum Gasteiger partial charge on any atom is -0.378 e. The Hall–Kier alpha value is -2.07. The van der Waals surface area contributed by atoms with E-state index in [4.69, 9.17) is 19.4 Å². The van der Waals surface area contributed by atoms with E-state index >= 15 is 0 Å². The van der Waals surface area contributed by atoms with Crippen LogP contribution >= 0.6 is 11.3 Å². The number of fused-ring (bicyclic) bond motifs is 5. The van der Waals surface area contributed by atoms with E-state index in [1.54, 1.807) is 17.7 Å². The van der Waals surface area contributed by atoms with E-state index < -0.39 is 0 Å². The van der Waals surface area contributed by atoms with Crippen molar-refractivity contribution in [1.82, 2.24) is 19.9 Å². The van der Waals surface area contributed by atoms with Crippen LogP contribution in [-0.4, -0.2) is 77.9 Å². The van der Waals surface area contributed by atoms with Gasteiger partial charge in [-0.2, -0.15) is 0 Å². The van der Waals surface area contributed by atoms with Crippen molar-refractivity contribution in [2.45, 2.75) is 52.7 Å². The molecule has 184 valence electrons. The van der Waals surface area contributed by atoms with Crippen molar-refractivity contribution in [2.24, 2.45) is 0 Å². The number of nitrogens with zero attached hydrogens (tertiary/aromatic N) is 5. The maximum Gasteiger partial charge on any atom is 0.147 e. The number of likely N-dealkylation sites (N-methyl/N-ethyl adjacent to an activating group) is 1. The van der Waals surface area contributed by atoms with Crippen LogP contribution in [0.15, 0.2) is 6.33 Å². The Balaban J connectivity index is 1.60. The number of thiophene rings is 1. The number of morpholine rings is 1. The van der Waals surface area contributed by atoms with Crippen LogP contribution in [-0.2, 0) is 22.5 Å². The number of hydrogen-bond donors (Lipinski definition) is 1. The summed E-state index contributed by atoms with van der Waals surface area (Å²) in [6, 6.07) is 0. The lowest BCUT2D eigenvalue weighted by atomic mass is 9.87. The van der Waals surface area contributed by atoms with Gasteiger partial charge in [-0.3, -0.25) is 0 Å². The number of aromatic nitrogens is 3. The van der Waals surface area contributed by atoms with Crippen molar-refractivity contribution in [2.75, 3.05) is 62.7 Å². The van der Waals surface area contributed by atoms with Gasteiger partial charge in [0.15, 0.2) is 0 Å². The van der Waals surface area contributed by atoms with E-state index in [1.807, 2.05) is 0 Å². The Morgan fingerprint density at radius 1 is 1.15 bits per heavy atom. The van der Waals surface area contributed by atoms with Crippen molar-refractivity contribution in [1.29, 1.82) is 0 Å². The zero-order valence-corrected chi connectivity index (χ0v) is 21.6. The van der Waals surface area contributed by atoms with Crippen molar-refractivity contribution in [3.05, 3.63) is 17.5 Å².